The van der Waals surface area contributed by atoms with Crippen molar-refractivity contribution in [3.63, 3.8) is 0 Å². The highest BCUT2D eigenvalue weighted by atomic mass is 19.1. The molecule has 0 aliphatic heterocycles. The Balaban J connectivity index is 1.27. The van der Waals surface area contributed by atoms with Crippen LogP contribution in [0.5, 0.6) is 11.5 Å². The lowest BCUT2D eigenvalue weighted by atomic mass is 9.94. The molecule has 0 aliphatic carbocycles. The first-order valence-corrected chi connectivity index (χ1v) is 14.3. The van der Waals surface area contributed by atoms with Gasteiger partial charge in [0.2, 0.25) is 0 Å². The van der Waals surface area contributed by atoms with Crippen LogP contribution in [0.3, 0.4) is 0 Å². The van der Waals surface area contributed by atoms with Gasteiger partial charge in [-0.25, -0.2) is 13.3 Å². The molecular weight excluding hydrogens is 576 g/mol. The van der Waals surface area contributed by atoms with Crippen LogP contribution < -0.4 is 10.3 Å². The fourth-order valence-electron chi connectivity index (χ4n) is 5.30. The molecule has 0 bridgehead atoms. The zero-order valence-corrected chi connectivity index (χ0v) is 24.8. The van der Waals surface area contributed by atoms with Gasteiger partial charge in [0.15, 0.2) is 23.1 Å². The van der Waals surface area contributed by atoms with Gasteiger partial charge in [0.1, 0.15) is 11.3 Å². The third-order valence-corrected chi connectivity index (χ3v) is 7.66. The van der Waals surface area contributed by atoms with E-state index < -0.39 is 28.6 Å². The Morgan fingerprint density at radius 3 is 2.44 bits per heavy atom. The van der Waals surface area contributed by atoms with Crippen molar-refractivity contribution in [2.75, 3.05) is 0 Å². The summed E-state index contributed by atoms with van der Waals surface area (Å²) in [4.78, 5) is 26.6. The number of ether oxygens (including phenoxy) is 1. The standard InChI is InChI=1S/C36H29F2N3O4/c1-22-14-17-40(27-10-8-26(37)9-11-27)35(43)33(22)30(42)20-23-7-12-31(29(38)19-23)45-32-13-16-39-41-18-15-28(34(32)41)24-5-4-6-25(21-24)36(2,3)44/h4-19,21,44H,20H2,1-3H3. The fourth-order valence-corrected chi connectivity index (χ4v) is 5.30. The zero-order chi connectivity index (χ0) is 31.9. The molecule has 0 amide bonds. The third kappa shape index (κ3) is 5.90. The molecule has 0 aliphatic rings. The summed E-state index contributed by atoms with van der Waals surface area (Å²) < 4.78 is 37.8. The molecule has 226 valence electrons. The highest BCUT2D eigenvalue weighted by molar-refractivity contribution is 5.98. The van der Waals surface area contributed by atoms with Crippen molar-refractivity contribution in [1.82, 2.24) is 14.2 Å². The molecule has 3 aromatic carbocycles. The van der Waals surface area contributed by atoms with E-state index in [0.717, 1.165) is 16.7 Å². The monoisotopic (exact) mass is 605 g/mol. The number of nitrogens with zero attached hydrogens (tertiary/aromatic N) is 3. The Morgan fingerprint density at radius 1 is 0.933 bits per heavy atom. The maximum Gasteiger partial charge on any atom is 0.266 e. The topological polar surface area (TPSA) is 85.8 Å². The summed E-state index contributed by atoms with van der Waals surface area (Å²) in [6.45, 7) is 5.09. The number of carbonyl (C=O) groups excluding carboxylic acids is 1. The van der Waals surface area contributed by atoms with Gasteiger partial charge in [-0.1, -0.05) is 24.3 Å². The summed E-state index contributed by atoms with van der Waals surface area (Å²) in [7, 11) is 0. The lowest BCUT2D eigenvalue weighted by molar-refractivity contribution is 0.0786. The summed E-state index contributed by atoms with van der Waals surface area (Å²) in [5.41, 5.74) is 2.66. The largest absolute Gasteiger partial charge is 0.452 e. The van der Waals surface area contributed by atoms with Crippen molar-refractivity contribution in [2.24, 2.45) is 0 Å². The van der Waals surface area contributed by atoms with Gasteiger partial charge in [0.05, 0.1) is 17.4 Å². The van der Waals surface area contributed by atoms with Crippen LogP contribution >= 0.6 is 0 Å². The molecule has 9 heteroatoms. The van der Waals surface area contributed by atoms with E-state index in [1.54, 1.807) is 55.9 Å². The van der Waals surface area contributed by atoms with E-state index in [-0.39, 0.29) is 17.7 Å². The van der Waals surface area contributed by atoms with Crippen molar-refractivity contribution < 1.29 is 23.4 Å². The number of ketones is 1. The van der Waals surface area contributed by atoms with Gasteiger partial charge in [-0.15, -0.1) is 0 Å². The van der Waals surface area contributed by atoms with E-state index in [0.29, 0.717) is 28.1 Å². The van der Waals surface area contributed by atoms with Gasteiger partial charge in [0, 0.05) is 36.1 Å². The number of aromatic nitrogens is 3. The van der Waals surface area contributed by atoms with E-state index in [2.05, 4.69) is 5.10 Å². The SMILES string of the molecule is Cc1ccn(-c2ccc(F)cc2)c(=O)c1C(=O)Cc1ccc(Oc2ccnn3ccc(-c4cccc(C(C)(C)O)c4)c23)c(F)c1. The van der Waals surface area contributed by atoms with Crippen LogP contribution in [0.25, 0.3) is 22.3 Å². The van der Waals surface area contributed by atoms with Crippen LogP contribution in [-0.4, -0.2) is 25.1 Å². The van der Waals surface area contributed by atoms with E-state index >= 15 is 4.39 Å². The first-order chi connectivity index (χ1) is 21.5. The van der Waals surface area contributed by atoms with Crippen LogP contribution in [0.2, 0.25) is 0 Å². The molecule has 1 N–H and O–H groups in total. The normalized spacial score (nSPS) is 11.6. The molecule has 45 heavy (non-hydrogen) atoms. The number of aliphatic hydroxyl groups is 1. The minimum absolute atomic E-state index is 0.0174. The fraction of sp³-hybridized carbons (Fsp3) is 0.139. The van der Waals surface area contributed by atoms with E-state index in [4.69, 9.17) is 4.74 Å². The molecule has 0 spiro atoms. The first-order valence-electron chi connectivity index (χ1n) is 14.3. The Hall–Kier alpha value is -5.41. The van der Waals surface area contributed by atoms with Gasteiger partial charge in [0.25, 0.3) is 5.56 Å². The number of Topliss-reactive ketones (excluding diaryl/α,β-unsaturated/α-hetero) is 1. The predicted molar refractivity (Wildman–Crippen MR) is 167 cm³/mol. The summed E-state index contributed by atoms with van der Waals surface area (Å²) in [5, 5.41) is 14.9. The van der Waals surface area contributed by atoms with E-state index in [1.165, 1.54) is 47.2 Å². The second kappa shape index (κ2) is 11.6. The number of aryl methyl sites for hydroxylation is 1. The maximum absolute atomic E-state index is 15.4. The van der Waals surface area contributed by atoms with Crippen LogP contribution in [0.4, 0.5) is 8.78 Å². The van der Waals surface area contributed by atoms with Crippen LogP contribution in [-0.2, 0) is 12.0 Å². The van der Waals surface area contributed by atoms with Crippen LogP contribution in [0, 0.1) is 18.6 Å². The minimum Gasteiger partial charge on any atom is -0.452 e. The molecule has 0 saturated carbocycles. The average molecular weight is 606 g/mol. The van der Waals surface area contributed by atoms with Gasteiger partial charge in [-0.2, -0.15) is 5.10 Å². The Bertz CT molecular complexity index is 2130. The highest BCUT2D eigenvalue weighted by Crippen LogP contribution is 2.36. The van der Waals surface area contributed by atoms with Crippen molar-refractivity contribution in [1.29, 1.82) is 0 Å². The Labute approximate surface area is 257 Å². The number of rotatable bonds is 8. The highest BCUT2D eigenvalue weighted by Gasteiger charge is 2.20. The summed E-state index contributed by atoms with van der Waals surface area (Å²) in [6.07, 6.45) is 4.64. The molecule has 0 atom stereocenters. The number of hydrogen-bond acceptors (Lipinski definition) is 5. The second-order valence-electron chi connectivity index (χ2n) is 11.3. The molecule has 0 saturated heterocycles. The van der Waals surface area contributed by atoms with E-state index in [1.807, 2.05) is 30.3 Å². The van der Waals surface area contributed by atoms with Crippen molar-refractivity contribution >= 4 is 11.3 Å². The van der Waals surface area contributed by atoms with Crippen molar-refractivity contribution in [2.45, 2.75) is 32.8 Å². The Morgan fingerprint density at radius 2 is 1.71 bits per heavy atom. The number of carbonyl (C=O) groups is 1. The van der Waals surface area contributed by atoms with Crippen LogP contribution in [0.15, 0.2) is 108 Å². The molecule has 3 aromatic heterocycles. The third-order valence-electron chi connectivity index (χ3n) is 7.66. The van der Waals surface area contributed by atoms with E-state index in [9.17, 15) is 19.1 Å². The molecule has 6 aromatic rings. The minimum atomic E-state index is -1.03. The summed E-state index contributed by atoms with van der Waals surface area (Å²) in [5.74, 6) is -1.28. The van der Waals surface area contributed by atoms with Crippen molar-refractivity contribution in [3.05, 3.63) is 148 Å². The molecule has 6 rings (SSSR count). The molecule has 0 fully saturated rings. The quantitative estimate of drug-likeness (QED) is 0.186. The molecule has 3 heterocycles. The van der Waals surface area contributed by atoms with Gasteiger partial charge in [-0.05, 0) is 97.6 Å². The first kappa shape index (κ1) is 29.7. The smallest absolute Gasteiger partial charge is 0.266 e. The predicted octanol–water partition coefficient (Wildman–Crippen LogP) is 7.18. The number of halogens is 2. The zero-order valence-electron chi connectivity index (χ0n) is 24.8. The van der Waals surface area contributed by atoms with Crippen LogP contribution in [0.1, 0.15) is 40.9 Å². The molecule has 0 radical (unpaired) electrons. The second-order valence-corrected chi connectivity index (χ2v) is 11.3. The lowest BCUT2D eigenvalue weighted by Gasteiger charge is -2.18. The number of benzene rings is 3. The maximum atomic E-state index is 15.4. The summed E-state index contributed by atoms with van der Waals surface area (Å²) in [6, 6.07) is 22.3. The number of pyridine rings is 1. The molecule has 0 unspecified atom stereocenters. The summed E-state index contributed by atoms with van der Waals surface area (Å²) >= 11 is 0. The van der Waals surface area contributed by atoms with Gasteiger partial charge < -0.3 is 9.84 Å². The average Bonchev–Trinajstić information content (AvgIpc) is 3.44. The molecular formula is C36H29F2N3O4. The number of fused-ring (bicyclic) bond motifs is 1. The number of hydrogen-bond donors (Lipinski definition) is 1. The van der Waals surface area contributed by atoms with Gasteiger partial charge >= 0.3 is 0 Å². The van der Waals surface area contributed by atoms with Gasteiger partial charge in [-0.3, -0.25) is 14.2 Å². The molecule has 7 nitrogen and oxygen atoms in total. The Kier molecular flexibility index (Phi) is 7.64. The van der Waals surface area contributed by atoms with Crippen molar-refractivity contribution in [3.8, 4) is 28.3 Å². The lowest BCUT2D eigenvalue weighted by Crippen LogP contribution is -2.27.